The summed E-state index contributed by atoms with van der Waals surface area (Å²) < 4.78 is 10.7. The first-order valence-electron chi connectivity index (χ1n) is 9.99. The van der Waals surface area contributed by atoms with Crippen LogP contribution in [0.25, 0.3) is 21.8 Å². The van der Waals surface area contributed by atoms with Crippen molar-refractivity contribution in [2.75, 3.05) is 19.5 Å². The minimum absolute atomic E-state index is 0.289. The number of nitrogens with one attached hydrogen (secondary N) is 4. The third-order valence-corrected chi connectivity index (χ3v) is 5.35. The van der Waals surface area contributed by atoms with Crippen LogP contribution in [0.5, 0.6) is 11.5 Å². The quantitative estimate of drug-likeness (QED) is 0.390. The second kappa shape index (κ2) is 7.67. The summed E-state index contributed by atoms with van der Waals surface area (Å²) in [5, 5.41) is 19.4. The molecule has 9 heteroatoms. The number of fused-ring (bicyclic) bond motifs is 2. The molecule has 0 radical (unpaired) electrons. The topological polar surface area (TPSA) is 121 Å². The predicted molar refractivity (Wildman–Crippen MR) is 119 cm³/mol. The first-order valence-corrected chi connectivity index (χ1v) is 9.99. The van der Waals surface area contributed by atoms with Crippen molar-refractivity contribution >= 4 is 33.4 Å². The fourth-order valence-electron chi connectivity index (χ4n) is 3.54. The summed E-state index contributed by atoms with van der Waals surface area (Å²) >= 11 is 0. The number of rotatable bonds is 5. The van der Waals surface area contributed by atoms with E-state index in [4.69, 9.17) is 9.47 Å². The summed E-state index contributed by atoms with van der Waals surface area (Å²) in [5.41, 5.74) is 1.94. The number of hydrogen-bond donors (Lipinski definition) is 4. The van der Waals surface area contributed by atoms with Gasteiger partial charge in [-0.3, -0.25) is 15.0 Å². The monoisotopic (exact) mass is 418 g/mol. The van der Waals surface area contributed by atoms with Crippen LogP contribution in [-0.4, -0.2) is 39.6 Å². The molecule has 0 amide bonds. The fraction of sp³-hybridized carbons (Fsp3) is 0.227. The highest BCUT2D eigenvalue weighted by Gasteiger charge is 2.25. The van der Waals surface area contributed by atoms with E-state index in [0.717, 1.165) is 11.1 Å². The van der Waals surface area contributed by atoms with Gasteiger partial charge in [-0.25, -0.2) is 0 Å². The van der Waals surface area contributed by atoms with Crippen LogP contribution in [0.2, 0.25) is 0 Å². The van der Waals surface area contributed by atoms with E-state index in [1.54, 1.807) is 19.2 Å². The number of aromatic nitrogens is 5. The van der Waals surface area contributed by atoms with E-state index in [1.165, 1.54) is 20.0 Å². The molecule has 1 aliphatic rings. The Morgan fingerprint density at radius 3 is 2.48 bits per heavy atom. The van der Waals surface area contributed by atoms with E-state index in [9.17, 15) is 4.79 Å². The van der Waals surface area contributed by atoms with E-state index in [0.29, 0.717) is 45.5 Å². The van der Waals surface area contributed by atoms with Gasteiger partial charge in [0.15, 0.2) is 23.1 Å². The minimum Gasteiger partial charge on any atom is -0.493 e. The third-order valence-electron chi connectivity index (χ3n) is 5.35. The highest BCUT2D eigenvalue weighted by Crippen LogP contribution is 2.39. The van der Waals surface area contributed by atoms with Crippen LogP contribution in [0.3, 0.4) is 0 Å². The lowest BCUT2D eigenvalue weighted by molar-refractivity contribution is 0.355. The highest BCUT2D eigenvalue weighted by atomic mass is 16.5. The average molecular weight is 418 g/mol. The molecule has 31 heavy (non-hydrogen) atoms. The van der Waals surface area contributed by atoms with Gasteiger partial charge in [0.1, 0.15) is 0 Å². The number of methoxy groups -OCH3 is 2. The molecule has 0 atom stereocenters. The Kier molecular flexibility index (Phi) is 4.70. The Morgan fingerprint density at radius 2 is 1.71 bits per heavy atom. The van der Waals surface area contributed by atoms with Gasteiger partial charge in [-0.2, -0.15) is 10.2 Å². The number of ether oxygens (including phenoxy) is 2. The first kappa shape index (κ1) is 19.0. The van der Waals surface area contributed by atoms with Crippen LogP contribution in [-0.2, 0) is 0 Å². The number of hydrogen-bond acceptors (Lipinski definition) is 6. The van der Waals surface area contributed by atoms with Gasteiger partial charge in [-0.15, -0.1) is 0 Å². The molecule has 2 aromatic heterocycles. The standard InChI is InChI=1S/C22H22N6O3/c1-30-18-9-14-17(10-19(18)31-2)26-28-21(13-5-3-4-6-15(13)23-22(14)29)24-20-11-16(25-27-20)12-7-8-12/h3-6,9-12,26H,7-8H2,1-2H3,(H,23,29)(H2,24,25,27,28). The van der Waals surface area contributed by atoms with Crippen LogP contribution in [0.1, 0.15) is 24.5 Å². The normalized spacial score (nSPS) is 13.2. The van der Waals surface area contributed by atoms with Crippen LogP contribution in [0.15, 0.2) is 47.3 Å². The van der Waals surface area contributed by atoms with Crippen molar-refractivity contribution < 1.29 is 9.47 Å². The smallest absolute Gasteiger partial charge is 0.257 e. The Morgan fingerprint density at radius 1 is 0.935 bits per heavy atom. The van der Waals surface area contributed by atoms with Crippen molar-refractivity contribution in [2.45, 2.75) is 18.8 Å². The molecular weight excluding hydrogens is 396 g/mol. The van der Waals surface area contributed by atoms with Gasteiger partial charge in [0.2, 0.25) is 0 Å². The van der Waals surface area contributed by atoms with E-state index >= 15 is 0 Å². The van der Waals surface area contributed by atoms with Crippen LogP contribution in [0.4, 0.5) is 11.6 Å². The molecule has 0 unspecified atom stereocenters. The second-order valence-electron chi connectivity index (χ2n) is 7.43. The van der Waals surface area contributed by atoms with Gasteiger partial charge in [0.05, 0.1) is 30.6 Å². The lowest BCUT2D eigenvalue weighted by Gasteiger charge is -2.07. The van der Waals surface area contributed by atoms with E-state index in [1.807, 2.05) is 30.3 Å². The van der Waals surface area contributed by atoms with E-state index in [2.05, 4.69) is 30.7 Å². The van der Waals surface area contributed by atoms with Crippen LogP contribution >= 0.6 is 0 Å². The summed E-state index contributed by atoms with van der Waals surface area (Å²) in [7, 11) is 3.07. The van der Waals surface area contributed by atoms with Gasteiger partial charge >= 0.3 is 0 Å². The molecule has 2 aromatic carbocycles. The van der Waals surface area contributed by atoms with E-state index < -0.39 is 0 Å². The van der Waals surface area contributed by atoms with Crippen LogP contribution in [0, 0.1) is 0 Å². The average Bonchev–Trinajstić information content (AvgIpc) is 3.53. The van der Waals surface area contributed by atoms with Gasteiger partial charge in [0.25, 0.3) is 5.56 Å². The molecule has 1 fully saturated rings. The zero-order valence-electron chi connectivity index (χ0n) is 17.2. The minimum atomic E-state index is -0.289. The Bertz CT molecular complexity index is 1380. The Labute approximate surface area is 177 Å². The van der Waals surface area contributed by atoms with Crippen molar-refractivity contribution in [1.29, 1.82) is 0 Å². The molecule has 0 bridgehead atoms. The number of para-hydroxylation sites is 1. The van der Waals surface area contributed by atoms with Crippen molar-refractivity contribution in [3.63, 3.8) is 0 Å². The number of aromatic amines is 3. The Balaban J connectivity index is 1.75. The number of nitrogens with zero attached hydrogens (tertiary/aromatic N) is 2. The second-order valence-corrected chi connectivity index (χ2v) is 7.43. The molecule has 0 spiro atoms. The summed E-state index contributed by atoms with van der Waals surface area (Å²) in [4.78, 5) is 16.0. The van der Waals surface area contributed by atoms with Crippen molar-refractivity contribution in [2.24, 2.45) is 0 Å². The molecular formula is C22H22N6O3. The first-order chi connectivity index (χ1) is 15.2. The highest BCUT2D eigenvalue weighted by molar-refractivity contribution is 5.90. The zero-order valence-corrected chi connectivity index (χ0v) is 17.2. The summed E-state index contributed by atoms with van der Waals surface area (Å²) in [6, 6.07) is 12.8. The molecule has 158 valence electrons. The fourth-order valence-corrected chi connectivity index (χ4v) is 3.54. The molecule has 2 heterocycles. The lowest BCUT2D eigenvalue weighted by atomic mass is 10.2. The largest absolute Gasteiger partial charge is 0.493 e. The maximum Gasteiger partial charge on any atom is 0.257 e. The lowest BCUT2D eigenvalue weighted by Crippen LogP contribution is -2.04. The van der Waals surface area contributed by atoms with Gasteiger partial charge < -0.3 is 19.8 Å². The molecule has 5 rings (SSSR count). The van der Waals surface area contributed by atoms with Gasteiger partial charge in [0, 0.05) is 29.1 Å². The molecule has 9 nitrogen and oxygen atoms in total. The number of benzene rings is 2. The van der Waals surface area contributed by atoms with Crippen molar-refractivity contribution in [3.8, 4) is 11.5 Å². The molecule has 0 saturated heterocycles. The van der Waals surface area contributed by atoms with E-state index in [-0.39, 0.29) is 5.56 Å². The maximum atomic E-state index is 13.1. The Hall–Kier alpha value is -4.01. The number of anilines is 2. The molecule has 1 saturated carbocycles. The number of H-pyrrole nitrogens is 3. The van der Waals surface area contributed by atoms with Crippen molar-refractivity contribution in [3.05, 3.63) is 58.5 Å². The van der Waals surface area contributed by atoms with Gasteiger partial charge in [-0.1, -0.05) is 12.1 Å². The summed E-state index contributed by atoms with van der Waals surface area (Å²) in [5.74, 6) is 2.69. The molecule has 4 N–H and O–H groups in total. The maximum absolute atomic E-state index is 13.1. The molecule has 4 aromatic rings. The summed E-state index contributed by atoms with van der Waals surface area (Å²) in [6.45, 7) is 0. The van der Waals surface area contributed by atoms with Crippen LogP contribution < -0.4 is 20.3 Å². The predicted octanol–water partition coefficient (Wildman–Crippen LogP) is 3.89. The zero-order chi connectivity index (χ0) is 21.4. The molecule has 0 aliphatic heterocycles. The van der Waals surface area contributed by atoms with Crippen molar-refractivity contribution in [1.82, 2.24) is 25.4 Å². The SMILES string of the molecule is COc1cc2[nH]nc(Nc3cc(C4CC4)[nH]n3)c3ccccc3[nH]c(=O)c2cc1OC. The van der Waals surface area contributed by atoms with Gasteiger partial charge in [-0.05, 0) is 31.0 Å². The third kappa shape index (κ3) is 3.65. The summed E-state index contributed by atoms with van der Waals surface area (Å²) in [6.07, 6.45) is 2.36. The molecule has 1 aliphatic carbocycles.